The van der Waals surface area contributed by atoms with Crippen molar-refractivity contribution in [2.75, 3.05) is 24.7 Å². The molecule has 1 aliphatic heterocycles. The zero-order chi connectivity index (χ0) is 34.0. The van der Waals surface area contributed by atoms with E-state index in [0.29, 0.717) is 24.3 Å². The lowest BCUT2D eigenvalue weighted by molar-refractivity contribution is -0.274. The van der Waals surface area contributed by atoms with E-state index in [0.717, 1.165) is 18.2 Å². The minimum absolute atomic E-state index is 0.0845. The molecule has 3 amide bonds. The van der Waals surface area contributed by atoms with Gasteiger partial charge >= 0.3 is 12.5 Å². The minimum atomic E-state index is -5.06. The zero-order valence-electron chi connectivity index (χ0n) is 25.4. The predicted octanol–water partition coefficient (Wildman–Crippen LogP) is 5.01. The molecule has 0 radical (unpaired) electrons. The van der Waals surface area contributed by atoms with Crippen LogP contribution >= 0.6 is 11.6 Å². The first-order valence-electron chi connectivity index (χ1n) is 14.7. The lowest BCUT2D eigenvalue weighted by atomic mass is 9.81. The molecule has 2 aromatic carbocycles. The van der Waals surface area contributed by atoms with E-state index in [4.69, 9.17) is 16.7 Å². The van der Waals surface area contributed by atoms with Crippen molar-refractivity contribution in [3.63, 3.8) is 0 Å². The van der Waals surface area contributed by atoms with Gasteiger partial charge in [0.15, 0.2) is 9.84 Å². The minimum Gasteiger partial charge on any atom is -0.465 e. The normalized spacial score (nSPS) is 22.3. The molecule has 0 unspecified atom stereocenters. The summed E-state index contributed by atoms with van der Waals surface area (Å²) < 4.78 is 69.3. The number of sulfone groups is 1. The summed E-state index contributed by atoms with van der Waals surface area (Å²) >= 11 is 5.96. The van der Waals surface area contributed by atoms with Crippen LogP contribution in [0.4, 0.5) is 23.7 Å². The number of alkyl halides is 3. The molecule has 46 heavy (non-hydrogen) atoms. The van der Waals surface area contributed by atoms with E-state index in [1.807, 2.05) is 26.2 Å². The molecule has 4 rings (SSSR count). The van der Waals surface area contributed by atoms with Crippen LogP contribution in [-0.4, -0.2) is 91.1 Å². The Morgan fingerprint density at radius 2 is 1.80 bits per heavy atom. The first-order chi connectivity index (χ1) is 21.4. The first kappa shape index (κ1) is 35.3. The summed E-state index contributed by atoms with van der Waals surface area (Å²) in [5.41, 5.74) is -0.776. The highest BCUT2D eigenvalue weighted by atomic mass is 35.5. The number of amides is 3. The number of ether oxygens (including phenoxy) is 1. The van der Waals surface area contributed by atoms with E-state index in [1.54, 1.807) is 4.90 Å². The molecule has 3 N–H and O–H groups in total. The Bertz CT molecular complexity index is 1560. The molecule has 0 spiro atoms. The van der Waals surface area contributed by atoms with Crippen molar-refractivity contribution in [2.24, 2.45) is 5.92 Å². The lowest BCUT2D eigenvalue weighted by Gasteiger charge is -2.44. The summed E-state index contributed by atoms with van der Waals surface area (Å²) in [5, 5.41) is 14.0. The van der Waals surface area contributed by atoms with Crippen LogP contribution in [0.5, 0.6) is 5.75 Å². The number of carbonyl (C=O) groups is 3. The number of nitrogens with one attached hydrogen (secondary N) is 2. The van der Waals surface area contributed by atoms with Gasteiger partial charge in [-0.15, -0.1) is 13.2 Å². The molecule has 1 saturated heterocycles. The Kier molecular flexibility index (Phi) is 10.8. The number of benzene rings is 2. The van der Waals surface area contributed by atoms with Gasteiger partial charge in [-0.3, -0.25) is 14.9 Å². The van der Waals surface area contributed by atoms with Crippen LogP contribution < -0.4 is 15.4 Å². The van der Waals surface area contributed by atoms with Gasteiger partial charge < -0.3 is 25.0 Å². The Morgan fingerprint density at radius 3 is 2.41 bits per heavy atom. The maximum absolute atomic E-state index is 13.7. The van der Waals surface area contributed by atoms with Crippen molar-refractivity contribution in [3.05, 3.63) is 53.1 Å². The highest BCUT2D eigenvalue weighted by Gasteiger charge is 2.44. The molecule has 4 atom stereocenters. The van der Waals surface area contributed by atoms with Gasteiger partial charge in [0.25, 0.3) is 5.91 Å². The van der Waals surface area contributed by atoms with Crippen molar-refractivity contribution in [2.45, 2.75) is 75.0 Å². The molecule has 1 saturated carbocycles. The van der Waals surface area contributed by atoms with Crippen LogP contribution in [0.1, 0.15) is 49.9 Å². The maximum Gasteiger partial charge on any atom is 0.573 e. The SMILES string of the molecule is CC(C)N(C)[C@@H]1CC[C@H](N2CC[C@H](NC(=O)c3cc(OC(F)(F)F)ccc3NC(=O)O)C2=O)[C@H](CS(=O)(=O)c2ccc(Cl)cc2)C1. The Balaban J connectivity index is 1.55. The van der Waals surface area contributed by atoms with E-state index in [9.17, 15) is 36.0 Å². The molecular weight excluding hydrogens is 653 g/mol. The van der Waals surface area contributed by atoms with Gasteiger partial charge in [-0.05, 0) is 95.0 Å². The third-order valence-corrected chi connectivity index (χ3v) is 10.7. The van der Waals surface area contributed by atoms with Crippen molar-refractivity contribution < 1.29 is 45.8 Å². The number of carboxylic acid groups (broad SMARTS) is 1. The molecule has 0 bridgehead atoms. The van der Waals surface area contributed by atoms with Gasteiger partial charge in [0.1, 0.15) is 11.8 Å². The highest BCUT2D eigenvalue weighted by molar-refractivity contribution is 7.91. The third kappa shape index (κ3) is 8.62. The largest absolute Gasteiger partial charge is 0.573 e. The van der Waals surface area contributed by atoms with E-state index >= 15 is 0 Å². The monoisotopic (exact) mass is 688 g/mol. The highest BCUT2D eigenvalue weighted by Crippen LogP contribution is 2.36. The van der Waals surface area contributed by atoms with Gasteiger partial charge in [-0.2, -0.15) is 0 Å². The number of nitrogens with zero attached hydrogens (tertiary/aromatic N) is 2. The fraction of sp³-hybridized carbons (Fsp3) is 0.500. The van der Waals surface area contributed by atoms with E-state index < -0.39 is 63.4 Å². The van der Waals surface area contributed by atoms with Gasteiger partial charge in [0.2, 0.25) is 5.91 Å². The maximum atomic E-state index is 13.7. The average molecular weight is 689 g/mol. The van der Waals surface area contributed by atoms with E-state index in [-0.39, 0.29) is 41.4 Å². The van der Waals surface area contributed by atoms with E-state index in [1.165, 1.54) is 24.3 Å². The predicted molar refractivity (Wildman–Crippen MR) is 164 cm³/mol. The number of anilines is 1. The molecule has 0 aromatic heterocycles. The number of likely N-dealkylation sites (tertiary alicyclic amines) is 1. The third-order valence-electron chi connectivity index (χ3n) is 8.57. The number of halogens is 4. The fourth-order valence-electron chi connectivity index (χ4n) is 6.16. The van der Waals surface area contributed by atoms with Crippen LogP contribution in [0, 0.1) is 5.92 Å². The second kappa shape index (κ2) is 14.1. The molecule has 16 heteroatoms. The van der Waals surface area contributed by atoms with Crippen LogP contribution in [0.15, 0.2) is 47.4 Å². The molecule has 1 aliphatic carbocycles. The second-order valence-electron chi connectivity index (χ2n) is 11.8. The summed E-state index contributed by atoms with van der Waals surface area (Å²) in [6, 6.07) is 7.21. The Hall–Kier alpha value is -3.56. The number of hydrogen-bond acceptors (Lipinski definition) is 7. The summed E-state index contributed by atoms with van der Waals surface area (Å²) in [7, 11) is -1.78. The van der Waals surface area contributed by atoms with Crippen LogP contribution in [0.3, 0.4) is 0 Å². The smallest absolute Gasteiger partial charge is 0.465 e. The quantitative estimate of drug-likeness (QED) is 0.316. The van der Waals surface area contributed by atoms with Crippen LogP contribution in [0.25, 0.3) is 0 Å². The number of carbonyl (C=O) groups excluding carboxylic acids is 2. The molecule has 2 aliphatic rings. The molecule has 11 nitrogen and oxygen atoms in total. The first-order valence-corrected chi connectivity index (χ1v) is 16.7. The van der Waals surface area contributed by atoms with Gasteiger partial charge in [0, 0.05) is 29.7 Å². The van der Waals surface area contributed by atoms with Crippen LogP contribution in [-0.2, 0) is 14.6 Å². The summed E-state index contributed by atoms with van der Waals surface area (Å²) in [5.74, 6) is -2.83. The molecular formula is C30H36ClF3N4O7S. The Morgan fingerprint density at radius 1 is 1.13 bits per heavy atom. The van der Waals surface area contributed by atoms with Gasteiger partial charge in [-0.1, -0.05) is 11.6 Å². The Labute approximate surface area is 269 Å². The molecule has 2 aromatic rings. The van der Waals surface area contributed by atoms with Crippen molar-refractivity contribution in [1.29, 1.82) is 0 Å². The summed E-state index contributed by atoms with van der Waals surface area (Å²) in [6.07, 6.45) is -4.69. The molecule has 2 fully saturated rings. The fourth-order valence-corrected chi connectivity index (χ4v) is 7.95. The summed E-state index contributed by atoms with van der Waals surface area (Å²) in [4.78, 5) is 42.0. The van der Waals surface area contributed by atoms with Crippen molar-refractivity contribution >= 4 is 45.0 Å². The standard InChI is InChI=1S/C30H36ClF3N4O7S/c1-17(2)37(3)20-6-11-26(18(14-20)16-46(43,44)22-8-4-19(31)5-9-22)38-13-12-25(28(38)40)35-27(39)23-15-21(45-30(32,33)34)7-10-24(23)36-29(41)42/h4-5,7-10,15,17-18,20,25-26,36H,6,11-14,16H2,1-3H3,(H,35,39)(H,41,42)/t18-,20+,25-,26-/m0/s1. The topological polar surface area (TPSA) is 145 Å². The zero-order valence-corrected chi connectivity index (χ0v) is 27.0. The molecule has 252 valence electrons. The second-order valence-corrected chi connectivity index (χ2v) is 14.3. The average Bonchev–Trinajstić information content (AvgIpc) is 3.31. The van der Waals surface area contributed by atoms with Gasteiger partial charge in [0.05, 0.1) is 21.9 Å². The number of hydrogen-bond donors (Lipinski definition) is 3. The van der Waals surface area contributed by atoms with Crippen molar-refractivity contribution in [3.8, 4) is 5.75 Å². The van der Waals surface area contributed by atoms with Crippen molar-refractivity contribution in [1.82, 2.24) is 15.1 Å². The van der Waals surface area contributed by atoms with Gasteiger partial charge in [-0.25, -0.2) is 13.2 Å². The van der Waals surface area contributed by atoms with E-state index in [2.05, 4.69) is 15.0 Å². The summed E-state index contributed by atoms with van der Waals surface area (Å²) in [6.45, 7) is 4.31. The molecule has 1 heterocycles. The lowest BCUT2D eigenvalue weighted by Crippen LogP contribution is -2.53. The van der Waals surface area contributed by atoms with Crippen LogP contribution in [0.2, 0.25) is 5.02 Å². The number of rotatable bonds is 10.